The van der Waals surface area contributed by atoms with Gasteiger partial charge in [-0.25, -0.2) is 0 Å². The molecule has 0 aliphatic carbocycles. The Labute approximate surface area is 160 Å². The van der Waals surface area contributed by atoms with Crippen LogP contribution >= 0.6 is 0 Å². The topological polar surface area (TPSA) is 97.0 Å². The van der Waals surface area contributed by atoms with Gasteiger partial charge in [-0.05, 0) is 35.9 Å². The minimum atomic E-state index is -0.289. The van der Waals surface area contributed by atoms with Crippen molar-refractivity contribution < 1.29 is 9.53 Å². The zero-order chi connectivity index (χ0) is 19.3. The predicted molar refractivity (Wildman–Crippen MR) is 104 cm³/mol. The number of amides is 1. The third kappa shape index (κ3) is 3.88. The van der Waals surface area contributed by atoms with Crippen LogP contribution in [-0.4, -0.2) is 20.9 Å². The van der Waals surface area contributed by atoms with Gasteiger partial charge in [0.25, 0.3) is 11.5 Å². The van der Waals surface area contributed by atoms with Gasteiger partial charge < -0.3 is 10.1 Å². The number of aromatic nitrogens is 3. The number of rotatable bonds is 5. The summed E-state index contributed by atoms with van der Waals surface area (Å²) in [4.78, 5) is 35.0. The summed E-state index contributed by atoms with van der Waals surface area (Å²) < 4.78 is 5.64. The van der Waals surface area contributed by atoms with Gasteiger partial charge in [0.05, 0.1) is 17.1 Å². The van der Waals surface area contributed by atoms with E-state index in [2.05, 4.69) is 20.3 Å². The highest BCUT2D eigenvalue weighted by atomic mass is 16.5. The van der Waals surface area contributed by atoms with E-state index in [1.165, 1.54) is 12.4 Å². The van der Waals surface area contributed by atoms with Crippen LogP contribution in [0.1, 0.15) is 15.9 Å². The second-order valence-corrected chi connectivity index (χ2v) is 6.06. The van der Waals surface area contributed by atoms with Gasteiger partial charge in [-0.1, -0.05) is 30.3 Å². The van der Waals surface area contributed by atoms with Crippen molar-refractivity contribution in [2.45, 2.75) is 6.54 Å². The van der Waals surface area contributed by atoms with Gasteiger partial charge in [-0.15, -0.1) is 0 Å². The summed E-state index contributed by atoms with van der Waals surface area (Å²) in [5.41, 5.74) is 1.70. The second kappa shape index (κ2) is 7.71. The first-order chi connectivity index (χ1) is 13.7. The Morgan fingerprint density at radius 1 is 1.04 bits per heavy atom. The maximum Gasteiger partial charge on any atom is 0.302 e. The van der Waals surface area contributed by atoms with Gasteiger partial charge in [0.15, 0.2) is 0 Å². The number of aromatic amines is 1. The summed E-state index contributed by atoms with van der Waals surface area (Å²) in [6.45, 7) is 0.394. The molecule has 0 saturated heterocycles. The van der Waals surface area contributed by atoms with Crippen molar-refractivity contribution in [3.05, 3.63) is 94.5 Å². The largest absolute Gasteiger partial charge is 0.426 e. The smallest absolute Gasteiger partial charge is 0.302 e. The van der Waals surface area contributed by atoms with Crippen LogP contribution in [0.4, 0.5) is 0 Å². The molecule has 2 heterocycles. The van der Waals surface area contributed by atoms with E-state index < -0.39 is 0 Å². The monoisotopic (exact) mass is 372 g/mol. The molecular weight excluding hydrogens is 356 g/mol. The van der Waals surface area contributed by atoms with E-state index in [1.807, 2.05) is 30.3 Å². The molecule has 0 bridgehead atoms. The van der Waals surface area contributed by atoms with Crippen molar-refractivity contribution in [3.63, 3.8) is 0 Å². The fourth-order valence-corrected chi connectivity index (χ4v) is 2.68. The van der Waals surface area contributed by atoms with E-state index in [9.17, 15) is 9.59 Å². The lowest BCUT2D eigenvalue weighted by atomic mass is 10.2. The quantitative estimate of drug-likeness (QED) is 0.561. The van der Waals surface area contributed by atoms with Crippen LogP contribution < -0.4 is 15.6 Å². The van der Waals surface area contributed by atoms with E-state index in [1.54, 1.807) is 30.3 Å². The molecule has 2 aromatic heterocycles. The maximum absolute atomic E-state index is 12.1. The summed E-state index contributed by atoms with van der Waals surface area (Å²) in [6.07, 6.45) is 3.05. The minimum absolute atomic E-state index is 0.0932. The first-order valence-electron chi connectivity index (χ1n) is 8.63. The lowest BCUT2D eigenvalue weighted by molar-refractivity contribution is 0.0951. The molecule has 0 fully saturated rings. The van der Waals surface area contributed by atoms with Gasteiger partial charge in [0.1, 0.15) is 5.75 Å². The Hall–Kier alpha value is -4.00. The molecule has 2 N–H and O–H groups in total. The van der Waals surface area contributed by atoms with Crippen LogP contribution in [0.25, 0.3) is 10.9 Å². The Morgan fingerprint density at radius 3 is 2.61 bits per heavy atom. The van der Waals surface area contributed by atoms with Crippen LogP contribution in [0.5, 0.6) is 11.8 Å². The highest BCUT2D eigenvalue weighted by molar-refractivity contribution is 5.94. The molecule has 0 atom stereocenters. The summed E-state index contributed by atoms with van der Waals surface area (Å²) >= 11 is 0. The third-order valence-electron chi connectivity index (χ3n) is 4.11. The highest BCUT2D eigenvalue weighted by Gasteiger charge is 2.07. The minimum Gasteiger partial charge on any atom is -0.426 e. The van der Waals surface area contributed by atoms with Crippen LogP contribution in [0.3, 0.4) is 0 Å². The number of hydrogen-bond acceptors (Lipinski definition) is 5. The Bertz CT molecular complexity index is 1170. The van der Waals surface area contributed by atoms with Crippen LogP contribution in [0.15, 0.2) is 77.9 Å². The van der Waals surface area contributed by atoms with Crippen molar-refractivity contribution in [2.24, 2.45) is 0 Å². The number of carbonyl (C=O) groups is 1. The number of H-pyrrole nitrogens is 1. The van der Waals surface area contributed by atoms with E-state index in [0.717, 1.165) is 5.56 Å². The number of hydrogen-bond donors (Lipinski definition) is 2. The standard InChI is InChI=1S/C21H16N4O3/c26-19(15-4-2-1-3-5-15)23-12-14-6-8-16(9-7-14)28-21-24-18-13-22-11-10-17(18)20(27)25-21/h1-11,13H,12H2,(H,23,26)(H,24,25,27). The highest BCUT2D eigenvalue weighted by Crippen LogP contribution is 2.19. The first-order valence-corrected chi connectivity index (χ1v) is 8.63. The maximum atomic E-state index is 12.1. The van der Waals surface area contributed by atoms with Gasteiger partial charge >= 0.3 is 6.01 Å². The zero-order valence-electron chi connectivity index (χ0n) is 14.8. The second-order valence-electron chi connectivity index (χ2n) is 6.06. The molecule has 0 radical (unpaired) electrons. The lowest BCUT2D eigenvalue weighted by Crippen LogP contribution is -2.22. The summed E-state index contributed by atoms with van der Waals surface area (Å²) in [6, 6.07) is 17.9. The molecule has 4 rings (SSSR count). The molecule has 7 heteroatoms. The molecule has 1 amide bonds. The van der Waals surface area contributed by atoms with Crippen molar-refractivity contribution in [1.82, 2.24) is 20.3 Å². The van der Waals surface area contributed by atoms with Crippen molar-refractivity contribution in [3.8, 4) is 11.8 Å². The van der Waals surface area contributed by atoms with Gasteiger partial charge in [0.2, 0.25) is 0 Å². The molecule has 0 spiro atoms. The Balaban J connectivity index is 1.42. The summed E-state index contributed by atoms with van der Waals surface area (Å²) in [7, 11) is 0. The van der Waals surface area contributed by atoms with Crippen LogP contribution in [0, 0.1) is 0 Å². The molecule has 4 aromatic rings. The predicted octanol–water partition coefficient (Wildman–Crippen LogP) is 3.04. The summed E-state index contributed by atoms with van der Waals surface area (Å²) in [5.74, 6) is 0.386. The molecule has 28 heavy (non-hydrogen) atoms. The van der Waals surface area contributed by atoms with Crippen LogP contribution in [0.2, 0.25) is 0 Å². The van der Waals surface area contributed by atoms with Crippen molar-refractivity contribution in [2.75, 3.05) is 0 Å². The molecular formula is C21H16N4O3. The fraction of sp³-hybridized carbons (Fsp3) is 0.0476. The third-order valence-corrected chi connectivity index (χ3v) is 4.11. The number of fused-ring (bicyclic) bond motifs is 1. The molecule has 138 valence electrons. The number of pyridine rings is 1. The Morgan fingerprint density at radius 2 is 1.82 bits per heavy atom. The van der Waals surface area contributed by atoms with Gasteiger partial charge in [-0.2, -0.15) is 4.98 Å². The summed E-state index contributed by atoms with van der Waals surface area (Å²) in [5, 5.41) is 3.32. The van der Waals surface area contributed by atoms with E-state index in [4.69, 9.17) is 4.74 Å². The number of ether oxygens (including phenoxy) is 1. The molecule has 2 aromatic carbocycles. The van der Waals surface area contributed by atoms with E-state index in [-0.39, 0.29) is 17.5 Å². The van der Waals surface area contributed by atoms with Gasteiger partial charge in [-0.3, -0.25) is 19.6 Å². The number of benzene rings is 2. The Kier molecular flexibility index (Phi) is 4.79. The average molecular weight is 372 g/mol. The molecule has 0 saturated carbocycles. The average Bonchev–Trinajstić information content (AvgIpc) is 2.74. The SMILES string of the molecule is O=C(NCc1ccc(Oc2nc3cnccc3c(=O)[nH]2)cc1)c1ccccc1. The molecule has 7 nitrogen and oxygen atoms in total. The van der Waals surface area contributed by atoms with E-state index in [0.29, 0.717) is 28.8 Å². The molecule has 0 aliphatic heterocycles. The zero-order valence-corrected chi connectivity index (χ0v) is 14.8. The lowest BCUT2D eigenvalue weighted by Gasteiger charge is -2.08. The van der Waals surface area contributed by atoms with Crippen molar-refractivity contribution >= 4 is 16.8 Å². The first kappa shape index (κ1) is 17.4. The number of nitrogens with zero attached hydrogens (tertiary/aromatic N) is 2. The van der Waals surface area contributed by atoms with Crippen LogP contribution in [-0.2, 0) is 6.54 Å². The molecule has 0 unspecified atom stereocenters. The van der Waals surface area contributed by atoms with E-state index >= 15 is 0 Å². The normalized spacial score (nSPS) is 10.6. The number of nitrogens with one attached hydrogen (secondary N) is 2. The molecule has 0 aliphatic rings. The fourth-order valence-electron chi connectivity index (χ4n) is 2.68. The van der Waals surface area contributed by atoms with Crippen molar-refractivity contribution in [1.29, 1.82) is 0 Å². The van der Waals surface area contributed by atoms with Gasteiger partial charge in [0, 0.05) is 18.3 Å². The number of carbonyl (C=O) groups excluding carboxylic acids is 1.